The van der Waals surface area contributed by atoms with Crippen LogP contribution in [-0.4, -0.2) is 18.1 Å². The number of anilines is 1. The van der Waals surface area contributed by atoms with E-state index in [1.165, 1.54) is 23.6 Å². The molecule has 0 saturated carbocycles. The summed E-state index contributed by atoms with van der Waals surface area (Å²) in [6.07, 6.45) is 7.68. The van der Waals surface area contributed by atoms with Gasteiger partial charge in [0.25, 0.3) is 0 Å². The van der Waals surface area contributed by atoms with Crippen LogP contribution >= 0.6 is 0 Å². The molecule has 0 radical (unpaired) electrons. The van der Waals surface area contributed by atoms with Crippen molar-refractivity contribution >= 4 is 22.6 Å². The fourth-order valence-corrected chi connectivity index (χ4v) is 4.56. The standard InChI is InChI=1S/C22H20N2O2/c1-26-22(25)17-10-5-9-15-13-7-4-8-16(13)21(24-20(15)17)18-12-23-19-11-3-2-6-14(18)19/h2-7,9-13,16,21,23-24H,8H2,1H3. The molecule has 130 valence electrons. The van der Waals surface area contributed by atoms with E-state index in [1.807, 2.05) is 18.2 Å². The van der Waals surface area contributed by atoms with Crippen molar-refractivity contribution in [1.29, 1.82) is 0 Å². The number of para-hydroxylation sites is 2. The fourth-order valence-electron chi connectivity index (χ4n) is 4.56. The number of carbonyl (C=O) groups is 1. The first-order valence-corrected chi connectivity index (χ1v) is 8.98. The van der Waals surface area contributed by atoms with Crippen LogP contribution in [0.2, 0.25) is 0 Å². The van der Waals surface area contributed by atoms with Crippen LogP contribution in [0, 0.1) is 5.92 Å². The molecule has 4 nitrogen and oxygen atoms in total. The number of carbonyl (C=O) groups excluding carboxylic acids is 1. The number of allylic oxidation sites excluding steroid dienone is 2. The summed E-state index contributed by atoms with van der Waals surface area (Å²) in [5.74, 6) is 0.455. The summed E-state index contributed by atoms with van der Waals surface area (Å²) < 4.78 is 5.01. The number of hydrogen-bond acceptors (Lipinski definition) is 3. The van der Waals surface area contributed by atoms with E-state index < -0.39 is 0 Å². The van der Waals surface area contributed by atoms with E-state index in [9.17, 15) is 4.79 Å². The van der Waals surface area contributed by atoms with Gasteiger partial charge in [-0.25, -0.2) is 4.79 Å². The first kappa shape index (κ1) is 15.3. The third-order valence-electron chi connectivity index (χ3n) is 5.76. The summed E-state index contributed by atoms with van der Waals surface area (Å²) in [6, 6.07) is 14.4. The molecule has 2 N–H and O–H groups in total. The van der Waals surface area contributed by atoms with Crippen LogP contribution in [0.5, 0.6) is 0 Å². The molecule has 0 fully saturated rings. The molecule has 1 aliphatic carbocycles. The number of benzene rings is 2. The van der Waals surface area contributed by atoms with Gasteiger partial charge < -0.3 is 15.0 Å². The van der Waals surface area contributed by atoms with Crippen LogP contribution in [0.1, 0.15) is 39.9 Å². The number of fused-ring (bicyclic) bond motifs is 4. The topological polar surface area (TPSA) is 54.1 Å². The quantitative estimate of drug-likeness (QED) is 0.519. The fraction of sp³-hybridized carbons (Fsp3) is 0.227. The zero-order valence-corrected chi connectivity index (χ0v) is 14.5. The molecule has 3 atom stereocenters. The maximum Gasteiger partial charge on any atom is 0.339 e. The van der Waals surface area contributed by atoms with Gasteiger partial charge in [-0.05, 0) is 35.6 Å². The number of H-pyrrole nitrogens is 1. The zero-order chi connectivity index (χ0) is 17.7. The molecule has 1 aliphatic heterocycles. The number of hydrogen-bond donors (Lipinski definition) is 2. The van der Waals surface area contributed by atoms with Crippen molar-refractivity contribution in [1.82, 2.24) is 4.98 Å². The molecule has 2 aliphatic rings. The highest BCUT2D eigenvalue weighted by atomic mass is 16.5. The van der Waals surface area contributed by atoms with E-state index in [0.29, 0.717) is 17.4 Å². The predicted octanol–water partition coefficient (Wildman–Crippen LogP) is 4.78. The van der Waals surface area contributed by atoms with Crippen LogP contribution in [0.25, 0.3) is 10.9 Å². The van der Waals surface area contributed by atoms with Crippen molar-refractivity contribution in [3.8, 4) is 0 Å². The number of ether oxygens (including phenoxy) is 1. The minimum absolute atomic E-state index is 0.143. The molecule has 1 aromatic heterocycles. The summed E-state index contributed by atoms with van der Waals surface area (Å²) in [5, 5.41) is 4.92. The van der Waals surface area contributed by atoms with Crippen molar-refractivity contribution in [3.63, 3.8) is 0 Å². The lowest BCUT2D eigenvalue weighted by molar-refractivity contribution is 0.0601. The molecule has 3 aromatic rings. The lowest BCUT2D eigenvalue weighted by Crippen LogP contribution is -2.30. The molecule has 0 spiro atoms. The highest BCUT2D eigenvalue weighted by Gasteiger charge is 2.40. The van der Waals surface area contributed by atoms with Crippen molar-refractivity contribution in [2.24, 2.45) is 5.92 Å². The lowest BCUT2D eigenvalue weighted by atomic mass is 9.76. The lowest BCUT2D eigenvalue weighted by Gasteiger charge is -2.38. The highest BCUT2D eigenvalue weighted by molar-refractivity contribution is 5.97. The van der Waals surface area contributed by atoms with Gasteiger partial charge >= 0.3 is 5.97 Å². The van der Waals surface area contributed by atoms with Crippen LogP contribution in [0.4, 0.5) is 5.69 Å². The number of esters is 1. The Morgan fingerprint density at radius 3 is 2.88 bits per heavy atom. The minimum atomic E-state index is -0.299. The maximum atomic E-state index is 12.3. The maximum absolute atomic E-state index is 12.3. The van der Waals surface area contributed by atoms with Crippen LogP contribution < -0.4 is 5.32 Å². The normalized spacial score (nSPS) is 23.3. The predicted molar refractivity (Wildman–Crippen MR) is 102 cm³/mol. The zero-order valence-electron chi connectivity index (χ0n) is 14.5. The van der Waals surface area contributed by atoms with Gasteiger partial charge in [0.15, 0.2) is 0 Å². The van der Waals surface area contributed by atoms with Crippen LogP contribution in [0.3, 0.4) is 0 Å². The van der Waals surface area contributed by atoms with E-state index in [4.69, 9.17) is 4.74 Å². The third-order valence-corrected chi connectivity index (χ3v) is 5.76. The van der Waals surface area contributed by atoms with Gasteiger partial charge in [0, 0.05) is 23.0 Å². The second-order valence-electron chi connectivity index (χ2n) is 7.03. The number of rotatable bonds is 2. The number of aromatic nitrogens is 1. The Labute approximate surface area is 151 Å². The Hall–Kier alpha value is -3.01. The van der Waals surface area contributed by atoms with Crippen molar-refractivity contribution in [2.45, 2.75) is 18.4 Å². The third kappa shape index (κ3) is 2.11. The van der Waals surface area contributed by atoms with E-state index in [1.54, 1.807) is 0 Å². The molecule has 0 bridgehead atoms. The van der Waals surface area contributed by atoms with Crippen LogP contribution in [-0.2, 0) is 4.74 Å². The SMILES string of the molecule is COC(=O)c1cccc2c1NC(c1c[nH]c3ccccc13)C1CC=CC21. The van der Waals surface area contributed by atoms with Gasteiger partial charge in [0.05, 0.1) is 24.4 Å². The summed E-state index contributed by atoms with van der Waals surface area (Å²) in [7, 11) is 1.43. The first-order chi connectivity index (χ1) is 12.8. The van der Waals surface area contributed by atoms with Gasteiger partial charge in [0.1, 0.15) is 0 Å². The molecule has 26 heavy (non-hydrogen) atoms. The van der Waals surface area contributed by atoms with E-state index in [-0.39, 0.29) is 12.0 Å². The summed E-state index contributed by atoms with van der Waals surface area (Å²) in [5.41, 5.74) is 5.09. The first-order valence-electron chi connectivity index (χ1n) is 8.98. The summed E-state index contributed by atoms with van der Waals surface area (Å²) >= 11 is 0. The van der Waals surface area contributed by atoms with E-state index in [2.05, 4.69) is 52.9 Å². The molecular formula is C22H20N2O2. The van der Waals surface area contributed by atoms with E-state index >= 15 is 0 Å². The van der Waals surface area contributed by atoms with Crippen molar-refractivity contribution in [3.05, 3.63) is 77.5 Å². The van der Waals surface area contributed by atoms with Gasteiger partial charge in [-0.2, -0.15) is 0 Å². The molecule has 4 heteroatoms. The van der Waals surface area contributed by atoms with Crippen molar-refractivity contribution in [2.75, 3.05) is 12.4 Å². The molecule has 2 aromatic carbocycles. The van der Waals surface area contributed by atoms with Crippen LogP contribution in [0.15, 0.2) is 60.8 Å². The Morgan fingerprint density at radius 2 is 2.00 bits per heavy atom. The monoisotopic (exact) mass is 344 g/mol. The minimum Gasteiger partial charge on any atom is -0.465 e. The number of aromatic amines is 1. The summed E-state index contributed by atoms with van der Waals surface area (Å²) in [4.78, 5) is 15.7. The molecule has 0 saturated heterocycles. The highest BCUT2D eigenvalue weighted by Crippen LogP contribution is 2.51. The molecule has 3 unspecified atom stereocenters. The Kier molecular flexibility index (Phi) is 3.38. The molecule has 2 heterocycles. The molecule has 0 amide bonds. The van der Waals surface area contributed by atoms with Gasteiger partial charge in [0.2, 0.25) is 0 Å². The van der Waals surface area contributed by atoms with Gasteiger partial charge in [-0.3, -0.25) is 0 Å². The Morgan fingerprint density at radius 1 is 1.12 bits per heavy atom. The van der Waals surface area contributed by atoms with E-state index in [0.717, 1.165) is 17.6 Å². The average Bonchev–Trinajstić information content (AvgIpc) is 3.33. The number of methoxy groups -OCH3 is 1. The largest absolute Gasteiger partial charge is 0.465 e. The Bertz CT molecular complexity index is 1030. The average molecular weight is 344 g/mol. The van der Waals surface area contributed by atoms with Crippen molar-refractivity contribution < 1.29 is 9.53 Å². The second kappa shape index (κ2) is 5.77. The number of nitrogens with one attached hydrogen (secondary N) is 2. The molecular weight excluding hydrogens is 324 g/mol. The van der Waals surface area contributed by atoms with Gasteiger partial charge in [-0.1, -0.05) is 42.5 Å². The molecule has 5 rings (SSSR count). The smallest absolute Gasteiger partial charge is 0.339 e. The second-order valence-corrected chi connectivity index (χ2v) is 7.03. The summed E-state index contributed by atoms with van der Waals surface area (Å²) in [6.45, 7) is 0. The Balaban J connectivity index is 1.67. The van der Waals surface area contributed by atoms with Gasteiger partial charge in [-0.15, -0.1) is 0 Å².